The molecular weight excluding hydrogens is 427 g/mol. The van der Waals surface area contributed by atoms with Gasteiger partial charge in [-0.05, 0) is 64.2 Å². The van der Waals surface area contributed by atoms with Crippen molar-refractivity contribution in [2.45, 2.75) is 84.5 Å². The maximum atomic E-state index is 14.0. The van der Waals surface area contributed by atoms with Crippen LogP contribution in [-0.2, 0) is 0 Å². The van der Waals surface area contributed by atoms with Gasteiger partial charge in [-0.3, -0.25) is 14.4 Å². The summed E-state index contributed by atoms with van der Waals surface area (Å²) < 4.78 is 15.6. The number of carbonyl (C=O) groups excluding carboxylic acids is 1. The van der Waals surface area contributed by atoms with Crippen LogP contribution in [0.1, 0.15) is 77.8 Å². The first kappa shape index (κ1) is 25.0. The zero-order valence-corrected chi connectivity index (χ0v) is 20.4. The second-order valence-corrected chi connectivity index (χ2v) is 11.1. The summed E-state index contributed by atoms with van der Waals surface area (Å²) >= 11 is 0. The van der Waals surface area contributed by atoms with E-state index in [1.807, 2.05) is 34.6 Å². The van der Waals surface area contributed by atoms with E-state index in [0.717, 1.165) is 0 Å². The molecule has 0 unspecified atom stereocenters. The molecule has 0 radical (unpaired) electrons. The molecule has 1 aliphatic rings. The highest BCUT2D eigenvalue weighted by atomic mass is 19.1. The molecule has 1 aromatic carbocycles. The highest BCUT2D eigenvalue weighted by molar-refractivity contribution is 6.05. The molecule has 0 saturated carbocycles. The molecule has 2 atom stereocenters. The van der Waals surface area contributed by atoms with E-state index in [2.05, 4.69) is 10.4 Å². The first-order chi connectivity index (χ1) is 15.1. The summed E-state index contributed by atoms with van der Waals surface area (Å²) in [5, 5.41) is 28.4. The summed E-state index contributed by atoms with van der Waals surface area (Å²) in [6, 6.07) is 3.71. The predicted octanol–water partition coefficient (Wildman–Crippen LogP) is 4.18. The van der Waals surface area contributed by atoms with Gasteiger partial charge in [0.15, 0.2) is 5.69 Å². The fourth-order valence-electron chi connectivity index (χ4n) is 5.12. The number of nitrogens with zero attached hydrogens (tertiary/aromatic N) is 3. The Labute approximate surface area is 193 Å². The Balaban J connectivity index is 1.97. The number of hydrogen-bond donors (Lipinski definition) is 3. The van der Waals surface area contributed by atoms with Crippen LogP contribution in [-0.4, -0.2) is 60.6 Å². The smallest absolute Gasteiger partial charge is 0.407 e. The highest BCUT2D eigenvalue weighted by Gasteiger charge is 2.56. The maximum absolute atomic E-state index is 14.0. The largest absolute Gasteiger partial charge is 0.465 e. The second-order valence-electron chi connectivity index (χ2n) is 11.1. The minimum Gasteiger partial charge on any atom is -0.465 e. The summed E-state index contributed by atoms with van der Waals surface area (Å²) in [6.07, 6.45) is -0.531. The van der Waals surface area contributed by atoms with Crippen LogP contribution in [0.2, 0.25) is 0 Å². The average molecular weight is 463 g/mol. The van der Waals surface area contributed by atoms with E-state index in [-0.39, 0.29) is 24.7 Å². The molecule has 0 bridgehead atoms. The molecule has 2 amide bonds. The third-order valence-electron chi connectivity index (χ3n) is 6.56. The fourth-order valence-corrected chi connectivity index (χ4v) is 5.12. The summed E-state index contributed by atoms with van der Waals surface area (Å²) in [7, 11) is 0. The van der Waals surface area contributed by atoms with Gasteiger partial charge >= 0.3 is 6.09 Å². The van der Waals surface area contributed by atoms with Crippen LogP contribution in [0.5, 0.6) is 0 Å². The van der Waals surface area contributed by atoms with Crippen molar-refractivity contribution in [2.24, 2.45) is 5.41 Å². The minimum atomic E-state index is -1.11. The lowest BCUT2D eigenvalue weighted by atomic mass is 9.66. The molecule has 0 aliphatic carbocycles. The second kappa shape index (κ2) is 8.27. The Morgan fingerprint density at radius 3 is 2.42 bits per heavy atom. The van der Waals surface area contributed by atoms with Crippen molar-refractivity contribution in [2.75, 3.05) is 6.54 Å². The van der Waals surface area contributed by atoms with Gasteiger partial charge in [0.05, 0.1) is 16.7 Å². The highest BCUT2D eigenvalue weighted by Crippen LogP contribution is 2.48. The predicted molar refractivity (Wildman–Crippen MR) is 124 cm³/mol. The number of hydrogen-bond acceptors (Lipinski definition) is 4. The number of rotatable bonds is 5. The number of aromatic nitrogens is 2. The van der Waals surface area contributed by atoms with E-state index >= 15 is 0 Å². The lowest BCUT2D eigenvalue weighted by Crippen LogP contribution is -2.58. The molecule has 1 saturated heterocycles. The molecule has 0 spiro atoms. The van der Waals surface area contributed by atoms with Crippen molar-refractivity contribution in [1.82, 2.24) is 20.0 Å². The third-order valence-corrected chi connectivity index (χ3v) is 6.56. The van der Waals surface area contributed by atoms with Crippen molar-refractivity contribution in [3.63, 3.8) is 0 Å². The van der Waals surface area contributed by atoms with E-state index in [4.69, 9.17) is 0 Å². The van der Waals surface area contributed by atoms with Gasteiger partial charge in [-0.25, -0.2) is 9.18 Å². The lowest BCUT2D eigenvalue weighted by molar-refractivity contribution is -0.0410. The SMILES string of the molecule is CC(C)n1nc(C(=O)N[C@@H]2CN(C(=O)O)[C@@](CC(C)(C)O)(C(C)(C)C)C2)c2cc(F)ccc21. The molecular formula is C24H35FN4O4. The van der Waals surface area contributed by atoms with Crippen LogP contribution < -0.4 is 5.32 Å². The quantitative estimate of drug-likeness (QED) is 0.618. The van der Waals surface area contributed by atoms with Crippen LogP contribution >= 0.6 is 0 Å². The third kappa shape index (κ3) is 4.69. The molecule has 1 aliphatic heterocycles. The van der Waals surface area contributed by atoms with Crippen LogP contribution in [0, 0.1) is 11.2 Å². The normalized spacial score (nSPS) is 21.8. The van der Waals surface area contributed by atoms with Crippen molar-refractivity contribution in [1.29, 1.82) is 0 Å². The Morgan fingerprint density at radius 2 is 1.91 bits per heavy atom. The van der Waals surface area contributed by atoms with E-state index in [1.54, 1.807) is 24.6 Å². The first-order valence-electron chi connectivity index (χ1n) is 11.3. The summed E-state index contributed by atoms with van der Waals surface area (Å²) in [4.78, 5) is 26.8. The van der Waals surface area contributed by atoms with E-state index < -0.39 is 40.4 Å². The molecule has 9 heteroatoms. The average Bonchev–Trinajstić information content (AvgIpc) is 3.19. The number of fused-ring (bicyclic) bond motifs is 1. The molecule has 1 fully saturated rings. The zero-order chi connectivity index (χ0) is 24.9. The van der Waals surface area contributed by atoms with Gasteiger partial charge in [0, 0.05) is 24.0 Å². The number of amides is 2. The van der Waals surface area contributed by atoms with Crippen LogP contribution in [0.4, 0.5) is 9.18 Å². The fraction of sp³-hybridized carbons (Fsp3) is 0.625. The van der Waals surface area contributed by atoms with E-state index in [9.17, 15) is 24.2 Å². The Kier molecular flexibility index (Phi) is 6.25. The van der Waals surface area contributed by atoms with E-state index in [1.165, 1.54) is 17.0 Å². The summed E-state index contributed by atoms with van der Waals surface area (Å²) in [5.74, 6) is -0.942. The standard InChI is InChI=1S/C24H35FN4O4/c1-14(2)29-18-9-8-15(25)10-17(18)19(27-29)20(30)26-16-11-24(22(3,4)5,13-23(6,7)33)28(12-16)21(31)32/h8-10,14,16,33H,11-13H2,1-7H3,(H,26,30)(H,31,32)/t16-,24-/m0/s1. The van der Waals surface area contributed by atoms with Crippen molar-refractivity contribution >= 4 is 22.9 Å². The Morgan fingerprint density at radius 1 is 1.27 bits per heavy atom. The van der Waals surface area contributed by atoms with Crippen molar-refractivity contribution in [3.8, 4) is 0 Å². The molecule has 182 valence electrons. The van der Waals surface area contributed by atoms with Crippen LogP contribution in [0.3, 0.4) is 0 Å². The maximum Gasteiger partial charge on any atom is 0.407 e. The number of likely N-dealkylation sites (tertiary alicyclic amines) is 1. The lowest BCUT2D eigenvalue weighted by Gasteiger charge is -2.49. The van der Waals surface area contributed by atoms with Gasteiger partial charge in [0.2, 0.25) is 0 Å². The van der Waals surface area contributed by atoms with E-state index in [0.29, 0.717) is 17.3 Å². The van der Waals surface area contributed by atoms with Gasteiger partial charge in [-0.1, -0.05) is 20.8 Å². The summed E-state index contributed by atoms with van der Waals surface area (Å²) in [6.45, 7) is 13.1. The molecule has 2 aromatic rings. The number of carboxylic acid groups (broad SMARTS) is 1. The molecule has 8 nitrogen and oxygen atoms in total. The summed E-state index contributed by atoms with van der Waals surface area (Å²) in [5.41, 5.74) is -1.73. The van der Waals surface area contributed by atoms with Crippen LogP contribution in [0.15, 0.2) is 18.2 Å². The van der Waals surface area contributed by atoms with Crippen molar-refractivity contribution < 1.29 is 24.2 Å². The molecule has 2 heterocycles. The molecule has 1 aromatic heterocycles. The Hall–Kier alpha value is -2.68. The van der Waals surface area contributed by atoms with Gasteiger partial charge < -0.3 is 15.5 Å². The van der Waals surface area contributed by atoms with Gasteiger partial charge in [-0.15, -0.1) is 0 Å². The number of aliphatic hydroxyl groups is 1. The monoisotopic (exact) mass is 462 g/mol. The van der Waals surface area contributed by atoms with Crippen LogP contribution in [0.25, 0.3) is 10.9 Å². The zero-order valence-electron chi connectivity index (χ0n) is 20.4. The number of carbonyl (C=O) groups is 2. The van der Waals surface area contributed by atoms with Crippen molar-refractivity contribution in [3.05, 3.63) is 29.7 Å². The Bertz CT molecular complexity index is 1070. The molecule has 3 rings (SSSR count). The number of benzene rings is 1. The number of halogens is 1. The van der Waals surface area contributed by atoms with Gasteiger partial charge in [0.25, 0.3) is 5.91 Å². The van der Waals surface area contributed by atoms with Gasteiger partial charge in [-0.2, -0.15) is 5.10 Å². The first-order valence-corrected chi connectivity index (χ1v) is 11.3. The molecule has 3 N–H and O–H groups in total. The molecule has 33 heavy (non-hydrogen) atoms. The van der Waals surface area contributed by atoms with Gasteiger partial charge in [0.1, 0.15) is 5.82 Å². The minimum absolute atomic E-state index is 0.0335. The number of nitrogens with one attached hydrogen (secondary N) is 1. The topological polar surface area (TPSA) is 108 Å².